The van der Waals surface area contributed by atoms with Gasteiger partial charge in [0.15, 0.2) is 10.1 Å². The molecule has 1 aromatic heterocycles. The number of hydrogen-bond acceptors (Lipinski definition) is 7. The van der Waals surface area contributed by atoms with Gasteiger partial charge >= 0.3 is 0 Å². The van der Waals surface area contributed by atoms with Crippen LogP contribution in [0.2, 0.25) is 0 Å². The molecule has 1 atom stereocenters. The second-order valence-corrected chi connectivity index (χ2v) is 9.90. The molecule has 0 bridgehead atoms. The minimum Gasteiger partial charge on any atom is -0.492 e. The summed E-state index contributed by atoms with van der Waals surface area (Å²) in [6.45, 7) is 6.58. The number of carbonyl (C=O) groups excluding carboxylic acids is 1. The lowest BCUT2D eigenvalue weighted by molar-refractivity contribution is 0.0989. The zero-order valence-electron chi connectivity index (χ0n) is 18.7. The third-order valence-corrected chi connectivity index (χ3v) is 7.19. The van der Waals surface area contributed by atoms with Crippen molar-refractivity contribution in [3.8, 4) is 5.75 Å². The van der Waals surface area contributed by atoms with E-state index in [0.717, 1.165) is 32.5 Å². The second-order valence-electron chi connectivity index (χ2n) is 7.57. The molecule has 33 heavy (non-hydrogen) atoms. The van der Waals surface area contributed by atoms with Crippen LogP contribution in [-0.4, -0.2) is 22.6 Å². The number of aromatic nitrogens is 2. The highest BCUT2D eigenvalue weighted by molar-refractivity contribution is 8.02. The maximum atomic E-state index is 13.5. The van der Waals surface area contributed by atoms with Crippen LogP contribution in [0.5, 0.6) is 5.75 Å². The second kappa shape index (κ2) is 10.6. The topological polar surface area (TPSA) is 64.1 Å². The molecule has 0 saturated heterocycles. The average Bonchev–Trinajstić information content (AvgIpc) is 3.27. The third kappa shape index (κ3) is 5.80. The first-order valence-corrected chi connectivity index (χ1v) is 12.4. The monoisotopic (exact) mass is 475 g/mol. The van der Waals surface area contributed by atoms with Crippen LogP contribution in [0.4, 0.5) is 10.8 Å². The molecule has 0 aliphatic rings. The Bertz CT molecular complexity index is 1220. The molecule has 0 amide bonds. The number of carbonyl (C=O) groups is 1. The molecule has 5 nitrogen and oxygen atoms in total. The van der Waals surface area contributed by atoms with Crippen LogP contribution >= 0.6 is 23.1 Å². The Morgan fingerprint density at radius 2 is 1.64 bits per heavy atom. The van der Waals surface area contributed by atoms with Crippen LogP contribution in [0.3, 0.4) is 0 Å². The van der Waals surface area contributed by atoms with E-state index >= 15 is 0 Å². The molecule has 1 N–H and O–H groups in total. The molecule has 0 saturated carbocycles. The van der Waals surface area contributed by atoms with Crippen molar-refractivity contribution in [3.05, 3.63) is 95.1 Å². The van der Waals surface area contributed by atoms with E-state index in [1.54, 1.807) is 0 Å². The minimum absolute atomic E-state index is 0.0512. The Morgan fingerprint density at radius 1 is 0.970 bits per heavy atom. The van der Waals surface area contributed by atoms with Gasteiger partial charge in [-0.3, -0.25) is 4.79 Å². The average molecular weight is 476 g/mol. The maximum Gasteiger partial charge on any atom is 0.210 e. The lowest BCUT2D eigenvalue weighted by Gasteiger charge is -2.15. The zero-order valence-corrected chi connectivity index (χ0v) is 20.4. The van der Waals surface area contributed by atoms with Crippen molar-refractivity contribution in [2.24, 2.45) is 0 Å². The van der Waals surface area contributed by atoms with Crippen LogP contribution in [0.1, 0.15) is 39.2 Å². The number of hydrogen-bond donors (Lipinski definition) is 1. The van der Waals surface area contributed by atoms with E-state index in [9.17, 15) is 4.79 Å². The number of thioether (sulfide) groups is 1. The fraction of sp³-hybridized carbons (Fsp3) is 0.192. The Kier molecular flexibility index (Phi) is 7.42. The number of nitrogens with zero attached hydrogens (tertiary/aromatic N) is 2. The van der Waals surface area contributed by atoms with Gasteiger partial charge in [-0.15, -0.1) is 10.2 Å². The van der Waals surface area contributed by atoms with Gasteiger partial charge in [0.25, 0.3) is 0 Å². The number of rotatable bonds is 9. The molecule has 4 rings (SSSR count). The fourth-order valence-electron chi connectivity index (χ4n) is 3.26. The first-order valence-electron chi connectivity index (χ1n) is 10.7. The van der Waals surface area contributed by atoms with Crippen molar-refractivity contribution in [1.29, 1.82) is 0 Å². The summed E-state index contributed by atoms with van der Waals surface area (Å²) in [7, 11) is 0. The SMILES string of the molecule is CCOc1ccccc1Nc1nnc(S[C@H](C(=O)c2ccc(C)cc2)c2ccc(C)cc2)s1. The molecule has 7 heteroatoms. The van der Waals surface area contributed by atoms with Crippen molar-refractivity contribution >= 4 is 39.7 Å². The molecule has 0 radical (unpaired) electrons. The summed E-state index contributed by atoms with van der Waals surface area (Å²) in [5.41, 5.74) is 4.74. The standard InChI is InChI=1S/C26H25N3O2S2/c1-4-31-22-8-6-5-7-21(22)27-25-28-29-26(33-25)32-24(20-15-11-18(3)12-16-20)23(30)19-13-9-17(2)10-14-19/h5-16,24H,4H2,1-3H3,(H,27,28)/t24-/m0/s1. The fourth-order valence-corrected chi connectivity index (χ4v) is 5.29. The normalized spacial score (nSPS) is 11.7. The number of ether oxygens (including phenoxy) is 1. The van der Waals surface area contributed by atoms with Crippen molar-refractivity contribution in [2.45, 2.75) is 30.4 Å². The molecular formula is C26H25N3O2S2. The van der Waals surface area contributed by atoms with Crippen LogP contribution in [0, 0.1) is 13.8 Å². The highest BCUT2D eigenvalue weighted by Crippen LogP contribution is 2.41. The van der Waals surface area contributed by atoms with E-state index in [1.807, 2.05) is 93.6 Å². The number of para-hydroxylation sites is 2. The molecule has 168 valence electrons. The Balaban J connectivity index is 1.58. The van der Waals surface area contributed by atoms with Crippen LogP contribution < -0.4 is 10.1 Å². The minimum atomic E-state index is -0.412. The quantitative estimate of drug-likeness (QED) is 0.207. The van der Waals surface area contributed by atoms with E-state index in [1.165, 1.54) is 23.1 Å². The highest BCUT2D eigenvalue weighted by atomic mass is 32.2. The predicted octanol–water partition coefficient (Wildman–Crippen LogP) is 7.01. The molecule has 0 spiro atoms. The summed E-state index contributed by atoms with van der Waals surface area (Å²) in [5.74, 6) is 0.812. The summed E-state index contributed by atoms with van der Waals surface area (Å²) in [4.78, 5) is 13.5. The van der Waals surface area contributed by atoms with Crippen molar-refractivity contribution in [1.82, 2.24) is 10.2 Å². The summed E-state index contributed by atoms with van der Waals surface area (Å²) in [5, 5.41) is 12.1. The van der Waals surface area contributed by atoms with Gasteiger partial charge in [-0.25, -0.2) is 0 Å². The van der Waals surface area contributed by atoms with Gasteiger partial charge < -0.3 is 10.1 Å². The summed E-state index contributed by atoms with van der Waals surface area (Å²) in [6, 6.07) is 23.5. The van der Waals surface area contributed by atoms with E-state index in [0.29, 0.717) is 17.3 Å². The maximum absolute atomic E-state index is 13.5. The van der Waals surface area contributed by atoms with Gasteiger partial charge in [0.05, 0.1) is 17.5 Å². The van der Waals surface area contributed by atoms with Crippen LogP contribution in [0.15, 0.2) is 77.1 Å². The van der Waals surface area contributed by atoms with Crippen molar-refractivity contribution < 1.29 is 9.53 Å². The van der Waals surface area contributed by atoms with E-state index < -0.39 is 5.25 Å². The molecule has 4 aromatic rings. The first kappa shape index (κ1) is 23.0. The third-order valence-electron chi connectivity index (χ3n) is 5.01. The predicted molar refractivity (Wildman–Crippen MR) is 136 cm³/mol. The molecule has 0 aliphatic carbocycles. The summed E-state index contributed by atoms with van der Waals surface area (Å²) < 4.78 is 6.40. The van der Waals surface area contributed by atoms with Gasteiger partial charge in [-0.1, -0.05) is 94.9 Å². The Morgan fingerprint density at radius 3 is 2.33 bits per heavy atom. The number of ketones is 1. The first-order chi connectivity index (χ1) is 16.0. The summed E-state index contributed by atoms with van der Waals surface area (Å²) >= 11 is 2.84. The number of aryl methyl sites for hydroxylation is 2. The largest absolute Gasteiger partial charge is 0.492 e. The van der Waals surface area contributed by atoms with E-state index in [4.69, 9.17) is 4.74 Å². The van der Waals surface area contributed by atoms with Crippen LogP contribution in [0.25, 0.3) is 0 Å². The number of anilines is 2. The number of Topliss-reactive ketones (excluding diaryl/α,β-unsaturated/α-hetero) is 1. The summed E-state index contributed by atoms with van der Waals surface area (Å²) in [6.07, 6.45) is 0. The molecule has 3 aromatic carbocycles. The lowest BCUT2D eigenvalue weighted by atomic mass is 10.0. The van der Waals surface area contributed by atoms with Crippen molar-refractivity contribution in [3.63, 3.8) is 0 Å². The smallest absolute Gasteiger partial charge is 0.210 e. The number of nitrogens with one attached hydrogen (secondary N) is 1. The number of benzene rings is 3. The lowest BCUT2D eigenvalue weighted by Crippen LogP contribution is -2.10. The molecular weight excluding hydrogens is 450 g/mol. The molecule has 0 fully saturated rings. The van der Waals surface area contributed by atoms with Gasteiger partial charge in [0.2, 0.25) is 5.13 Å². The van der Waals surface area contributed by atoms with Gasteiger partial charge in [-0.05, 0) is 38.5 Å². The van der Waals surface area contributed by atoms with Gasteiger partial charge in [0, 0.05) is 5.56 Å². The highest BCUT2D eigenvalue weighted by Gasteiger charge is 2.25. The van der Waals surface area contributed by atoms with Crippen LogP contribution in [-0.2, 0) is 0 Å². The van der Waals surface area contributed by atoms with E-state index in [2.05, 4.69) is 15.5 Å². The van der Waals surface area contributed by atoms with Gasteiger partial charge in [-0.2, -0.15) is 0 Å². The zero-order chi connectivity index (χ0) is 23.2. The van der Waals surface area contributed by atoms with E-state index in [-0.39, 0.29) is 5.78 Å². The Labute approximate surface area is 202 Å². The Hall–Kier alpha value is -3.16. The molecule has 1 heterocycles. The molecule has 0 unspecified atom stereocenters. The van der Waals surface area contributed by atoms with Gasteiger partial charge in [0.1, 0.15) is 5.75 Å². The molecule has 0 aliphatic heterocycles. The van der Waals surface area contributed by atoms with Crippen molar-refractivity contribution in [2.75, 3.05) is 11.9 Å².